The Morgan fingerprint density at radius 1 is 0.536 bits per heavy atom. The summed E-state index contributed by atoms with van der Waals surface area (Å²) in [6.45, 7) is 0.595. The van der Waals surface area contributed by atoms with Gasteiger partial charge < -0.3 is 4.57 Å². The second-order valence-corrected chi connectivity index (χ2v) is 15.5. The average molecular weight is 737 g/mol. The van der Waals surface area contributed by atoms with Crippen LogP contribution >= 0.6 is 11.3 Å². The molecule has 0 saturated carbocycles. The number of benzene rings is 8. The molecule has 0 radical (unpaired) electrons. The fourth-order valence-electron chi connectivity index (χ4n) is 8.26. The van der Waals surface area contributed by atoms with Gasteiger partial charge in [-0.3, -0.25) is 10.0 Å². The number of nitrogens with zero attached hydrogens (tertiary/aromatic N) is 3. The Hall–Kier alpha value is -6.79. The molecule has 0 aliphatic carbocycles. The standard InChI is InChI=1S/C51H36N4S/c1-3-14-34(15-4-1)33-52-50(38-19-11-18-36(30-38)35-16-5-2-6-17-35)55-51(53-55)39-20-12-21-40(31-39)54-46-26-9-7-22-42(46)45-32-37(28-29-47(45)54)41-24-13-25-44-43-23-8-10-27-48(43)56-49(41)44/h1-32,51,53H,33H2/b52-50-. The van der Waals surface area contributed by atoms with E-state index in [9.17, 15) is 0 Å². The Bertz CT molecular complexity index is 3100. The van der Waals surface area contributed by atoms with Gasteiger partial charge in [0.1, 0.15) is 12.0 Å². The van der Waals surface area contributed by atoms with Crippen molar-refractivity contribution < 1.29 is 0 Å². The van der Waals surface area contributed by atoms with Gasteiger partial charge in [-0.15, -0.1) is 11.3 Å². The molecule has 1 aliphatic heterocycles. The molecule has 1 unspecified atom stereocenters. The lowest BCUT2D eigenvalue weighted by Gasteiger charge is -2.12. The van der Waals surface area contributed by atoms with Crippen LogP contribution in [0.5, 0.6) is 0 Å². The summed E-state index contributed by atoms with van der Waals surface area (Å²) in [5.74, 6) is 0.931. The summed E-state index contributed by atoms with van der Waals surface area (Å²) in [7, 11) is 0. The maximum atomic E-state index is 5.23. The lowest BCUT2D eigenvalue weighted by Crippen LogP contribution is -2.16. The number of para-hydroxylation sites is 1. The van der Waals surface area contributed by atoms with Crippen molar-refractivity contribution in [3.8, 4) is 27.9 Å². The molecule has 1 atom stereocenters. The first-order chi connectivity index (χ1) is 27.8. The number of aromatic nitrogens is 1. The molecule has 56 heavy (non-hydrogen) atoms. The highest BCUT2D eigenvalue weighted by Crippen LogP contribution is 2.42. The molecule has 1 fully saturated rings. The summed E-state index contributed by atoms with van der Waals surface area (Å²) in [6.07, 6.45) is -0.00801. The molecule has 3 heterocycles. The minimum atomic E-state index is -0.00801. The van der Waals surface area contributed by atoms with Gasteiger partial charge in [0.25, 0.3) is 0 Å². The SMILES string of the molecule is c1ccc(C/N=C(/c2cccc(-c3ccccc3)c2)N2NC2c2cccc(-n3c4ccccc4c4cc(-c5cccc6c5sc5ccccc56)ccc43)c2)cc1. The summed E-state index contributed by atoms with van der Waals surface area (Å²) < 4.78 is 5.08. The number of nitrogens with one attached hydrogen (secondary N) is 1. The number of thiophene rings is 1. The molecule has 5 heteroatoms. The van der Waals surface area contributed by atoms with E-state index in [1.165, 1.54) is 75.4 Å². The molecule has 11 rings (SSSR count). The average Bonchev–Trinajstić information content (AvgIpc) is 3.86. The normalized spacial score (nSPS) is 14.3. The number of hydrogen-bond donors (Lipinski definition) is 1. The van der Waals surface area contributed by atoms with Gasteiger partial charge in [0.2, 0.25) is 0 Å². The lowest BCUT2D eigenvalue weighted by atomic mass is 10.0. The molecule has 10 aromatic rings. The summed E-state index contributed by atoms with van der Waals surface area (Å²) in [5.41, 5.74) is 15.5. The van der Waals surface area contributed by atoms with Crippen molar-refractivity contribution in [3.63, 3.8) is 0 Å². The van der Waals surface area contributed by atoms with E-state index in [4.69, 9.17) is 4.99 Å². The maximum Gasteiger partial charge on any atom is 0.147 e. The van der Waals surface area contributed by atoms with Crippen molar-refractivity contribution in [1.29, 1.82) is 0 Å². The molecule has 0 bridgehead atoms. The van der Waals surface area contributed by atoms with Crippen molar-refractivity contribution in [1.82, 2.24) is 15.0 Å². The highest BCUT2D eigenvalue weighted by molar-refractivity contribution is 7.26. The second-order valence-electron chi connectivity index (χ2n) is 14.4. The number of rotatable bonds is 7. The number of hydrazine groups is 1. The number of hydrogen-bond acceptors (Lipinski definition) is 3. The van der Waals surface area contributed by atoms with E-state index in [0.29, 0.717) is 6.54 Å². The lowest BCUT2D eigenvalue weighted by molar-refractivity contribution is 0.717. The van der Waals surface area contributed by atoms with Crippen LogP contribution in [-0.4, -0.2) is 15.4 Å². The largest absolute Gasteiger partial charge is 0.309 e. The highest BCUT2D eigenvalue weighted by atomic mass is 32.1. The fraction of sp³-hybridized carbons (Fsp3) is 0.0392. The molecular formula is C51H36N4S. The summed E-state index contributed by atoms with van der Waals surface area (Å²) in [5, 5.41) is 7.35. The van der Waals surface area contributed by atoms with Crippen molar-refractivity contribution in [2.75, 3.05) is 0 Å². The summed E-state index contributed by atoms with van der Waals surface area (Å²) in [6, 6.07) is 69.9. The van der Waals surface area contributed by atoms with Gasteiger partial charge in [-0.1, -0.05) is 152 Å². The van der Waals surface area contributed by atoms with E-state index in [-0.39, 0.29) is 6.17 Å². The van der Waals surface area contributed by atoms with Crippen LogP contribution in [0.2, 0.25) is 0 Å². The Kier molecular flexibility index (Phi) is 7.87. The zero-order chi connectivity index (χ0) is 37.0. The van der Waals surface area contributed by atoms with E-state index in [2.05, 4.69) is 209 Å². The smallest absolute Gasteiger partial charge is 0.147 e. The van der Waals surface area contributed by atoms with Crippen LogP contribution in [0.4, 0.5) is 0 Å². The van der Waals surface area contributed by atoms with Gasteiger partial charge in [0, 0.05) is 42.2 Å². The zero-order valence-electron chi connectivity index (χ0n) is 30.5. The molecule has 4 nitrogen and oxygen atoms in total. The van der Waals surface area contributed by atoms with Gasteiger partial charge in [-0.05, 0) is 75.8 Å². The predicted molar refractivity (Wildman–Crippen MR) is 235 cm³/mol. The molecule has 1 aliphatic rings. The van der Waals surface area contributed by atoms with Crippen LogP contribution in [0.15, 0.2) is 199 Å². The first-order valence-electron chi connectivity index (χ1n) is 19.1. The third kappa shape index (κ3) is 5.68. The summed E-state index contributed by atoms with van der Waals surface area (Å²) >= 11 is 1.88. The third-order valence-electron chi connectivity index (χ3n) is 11.0. The molecule has 2 aromatic heterocycles. The van der Waals surface area contributed by atoms with E-state index in [0.717, 1.165) is 17.1 Å². The molecule has 1 saturated heterocycles. The third-order valence-corrected chi connectivity index (χ3v) is 12.2. The van der Waals surface area contributed by atoms with Gasteiger partial charge in [-0.2, -0.15) is 0 Å². The van der Waals surface area contributed by atoms with Gasteiger partial charge >= 0.3 is 0 Å². The minimum Gasteiger partial charge on any atom is -0.309 e. The number of aliphatic imine (C=N–C) groups is 1. The molecule has 266 valence electrons. The number of amidine groups is 1. The monoisotopic (exact) mass is 736 g/mol. The first-order valence-corrected chi connectivity index (χ1v) is 19.9. The Labute approximate surface area is 329 Å². The van der Waals surface area contributed by atoms with E-state index >= 15 is 0 Å². The highest BCUT2D eigenvalue weighted by Gasteiger charge is 2.38. The topological polar surface area (TPSA) is 42.2 Å². The number of fused-ring (bicyclic) bond motifs is 6. The van der Waals surface area contributed by atoms with Crippen molar-refractivity contribution >= 4 is 59.2 Å². The van der Waals surface area contributed by atoms with Gasteiger partial charge in [-0.25, -0.2) is 5.43 Å². The quantitative estimate of drug-likeness (QED) is 0.101. The van der Waals surface area contributed by atoms with Gasteiger partial charge in [0.15, 0.2) is 0 Å². The summed E-state index contributed by atoms with van der Waals surface area (Å²) in [4.78, 5) is 5.23. The van der Waals surface area contributed by atoms with Crippen LogP contribution < -0.4 is 5.43 Å². The van der Waals surface area contributed by atoms with Gasteiger partial charge in [0.05, 0.1) is 17.6 Å². The Morgan fingerprint density at radius 2 is 1.25 bits per heavy atom. The van der Waals surface area contributed by atoms with Crippen LogP contribution in [0.3, 0.4) is 0 Å². The van der Waals surface area contributed by atoms with Crippen molar-refractivity contribution in [2.24, 2.45) is 4.99 Å². The van der Waals surface area contributed by atoms with E-state index in [1.54, 1.807) is 0 Å². The minimum absolute atomic E-state index is 0.00801. The van der Waals surface area contributed by atoms with Crippen molar-refractivity contribution in [3.05, 3.63) is 211 Å². The second kappa shape index (κ2) is 13.5. The molecule has 0 spiro atoms. The Morgan fingerprint density at radius 3 is 2.14 bits per heavy atom. The molecule has 8 aromatic carbocycles. The van der Waals surface area contributed by atoms with Crippen LogP contribution in [0.25, 0.3) is 69.9 Å². The van der Waals surface area contributed by atoms with Crippen LogP contribution in [0.1, 0.15) is 22.9 Å². The zero-order valence-corrected chi connectivity index (χ0v) is 31.3. The fourth-order valence-corrected chi connectivity index (χ4v) is 9.50. The molecular weight excluding hydrogens is 701 g/mol. The Balaban J connectivity index is 0.972. The van der Waals surface area contributed by atoms with E-state index < -0.39 is 0 Å². The van der Waals surface area contributed by atoms with Crippen LogP contribution in [-0.2, 0) is 6.54 Å². The first kappa shape index (κ1) is 32.6. The van der Waals surface area contributed by atoms with E-state index in [1.807, 2.05) is 11.3 Å². The van der Waals surface area contributed by atoms with Crippen molar-refractivity contribution in [2.45, 2.75) is 12.7 Å². The maximum absolute atomic E-state index is 5.23. The molecule has 1 N–H and O–H groups in total. The van der Waals surface area contributed by atoms with Crippen LogP contribution in [0, 0.1) is 0 Å². The predicted octanol–water partition coefficient (Wildman–Crippen LogP) is 13.0. The molecule has 0 amide bonds.